The van der Waals surface area contributed by atoms with Gasteiger partial charge in [-0.3, -0.25) is 9.78 Å². The predicted molar refractivity (Wildman–Crippen MR) is 156 cm³/mol. The number of aromatic nitrogens is 5. The van der Waals surface area contributed by atoms with Crippen LogP contribution in [-0.4, -0.2) is 68.1 Å². The maximum absolute atomic E-state index is 16.0. The molecule has 44 heavy (non-hydrogen) atoms. The summed E-state index contributed by atoms with van der Waals surface area (Å²) >= 11 is 0. The summed E-state index contributed by atoms with van der Waals surface area (Å²) < 4.78 is 37.2. The van der Waals surface area contributed by atoms with Gasteiger partial charge in [0.15, 0.2) is 11.6 Å². The molecule has 2 atom stereocenters. The van der Waals surface area contributed by atoms with Gasteiger partial charge >= 0.3 is 0 Å². The van der Waals surface area contributed by atoms with Gasteiger partial charge in [-0.05, 0) is 30.7 Å². The summed E-state index contributed by atoms with van der Waals surface area (Å²) in [7, 11) is 1.38. The molecule has 1 saturated heterocycles. The molecule has 1 aliphatic heterocycles. The molecule has 2 aromatic carbocycles. The number of ether oxygens (including phenoxy) is 1. The van der Waals surface area contributed by atoms with E-state index in [0.29, 0.717) is 29.7 Å². The van der Waals surface area contributed by atoms with Crippen LogP contribution in [0.25, 0.3) is 28.0 Å². The van der Waals surface area contributed by atoms with Crippen molar-refractivity contribution in [1.29, 1.82) is 5.26 Å². The third kappa shape index (κ3) is 4.93. The van der Waals surface area contributed by atoms with E-state index in [1.54, 1.807) is 17.0 Å². The fourth-order valence-electron chi connectivity index (χ4n) is 5.49. The van der Waals surface area contributed by atoms with Crippen LogP contribution in [0.1, 0.15) is 22.5 Å². The van der Waals surface area contributed by atoms with Crippen LogP contribution >= 0.6 is 0 Å². The molecule has 1 aliphatic rings. The zero-order valence-electron chi connectivity index (χ0n) is 23.3. The number of nitriles is 1. The first-order valence-corrected chi connectivity index (χ1v) is 13.5. The number of fused-ring (bicyclic) bond motifs is 1. The fraction of sp³-hybridized carbons (Fsp3) is 0.200. The summed E-state index contributed by atoms with van der Waals surface area (Å²) in [5.74, 6) is -1.99. The van der Waals surface area contributed by atoms with Crippen molar-refractivity contribution < 1.29 is 23.4 Å². The number of nitrogens with one attached hydrogen (secondary N) is 1. The third-order valence-electron chi connectivity index (χ3n) is 7.42. The summed E-state index contributed by atoms with van der Waals surface area (Å²) in [5.41, 5.74) is 7.11. The average molecular weight is 598 g/mol. The van der Waals surface area contributed by atoms with Crippen molar-refractivity contribution in [1.82, 2.24) is 24.7 Å². The quantitative estimate of drug-likeness (QED) is 0.253. The molecule has 14 heteroatoms. The molecule has 0 radical (unpaired) electrons. The van der Waals surface area contributed by atoms with Gasteiger partial charge in [-0.25, -0.2) is 23.4 Å². The van der Waals surface area contributed by atoms with E-state index in [9.17, 15) is 19.6 Å². The Morgan fingerprint density at radius 3 is 2.84 bits per heavy atom. The number of methoxy groups -OCH3 is 1. The second-order valence-corrected chi connectivity index (χ2v) is 10.1. The van der Waals surface area contributed by atoms with Crippen LogP contribution in [0, 0.1) is 23.0 Å². The Morgan fingerprint density at radius 1 is 1.23 bits per heavy atom. The number of rotatable bonds is 7. The van der Waals surface area contributed by atoms with Crippen molar-refractivity contribution in [2.45, 2.75) is 18.5 Å². The Hall–Kier alpha value is -5.52. The molecular formula is C30H25F2N9O3. The number of aliphatic hydroxyl groups excluding tert-OH is 1. The van der Waals surface area contributed by atoms with E-state index in [-0.39, 0.29) is 52.2 Å². The van der Waals surface area contributed by atoms with E-state index < -0.39 is 23.6 Å². The molecule has 222 valence electrons. The summed E-state index contributed by atoms with van der Waals surface area (Å²) in [6.07, 6.45) is 6.01. The summed E-state index contributed by atoms with van der Waals surface area (Å²) in [4.78, 5) is 27.7. The van der Waals surface area contributed by atoms with Crippen LogP contribution in [0.4, 0.5) is 20.2 Å². The highest BCUT2D eigenvalue weighted by Crippen LogP contribution is 2.41. The number of nitrogens with zero attached hydrogens (tertiary/aromatic N) is 7. The molecular weight excluding hydrogens is 572 g/mol. The van der Waals surface area contributed by atoms with E-state index in [1.807, 2.05) is 6.07 Å². The highest BCUT2D eigenvalue weighted by molar-refractivity contribution is 6.09. The number of amides is 1. The molecule has 0 saturated carbocycles. The monoisotopic (exact) mass is 597 g/mol. The van der Waals surface area contributed by atoms with Gasteiger partial charge in [0.25, 0.3) is 5.91 Å². The molecule has 4 heterocycles. The Morgan fingerprint density at radius 2 is 2.07 bits per heavy atom. The molecule has 5 aromatic rings. The standard InChI is InChI=1S/C30H25F2N9O3/c1-44-25-4-2-3-20(31)26(25)29-36-8-5-22(38-29)30(43)39-23-10-21(32)27-19(28(23)40-14-17(34)9-18(40)15-42)13-37-41(27)24-6-7-35-12-16(24)11-33/h2-8,10,12-13,17-18,42H,9,14-15,34H2,1H3,(H,39,43)/t17-,18-/m0/s1. The lowest BCUT2D eigenvalue weighted by molar-refractivity contribution is 0.102. The van der Waals surface area contributed by atoms with Gasteiger partial charge in [-0.2, -0.15) is 10.4 Å². The highest BCUT2D eigenvalue weighted by Gasteiger charge is 2.34. The largest absolute Gasteiger partial charge is 0.496 e. The number of halogens is 2. The van der Waals surface area contributed by atoms with Crippen LogP contribution < -0.4 is 20.7 Å². The molecule has 6 rings (SSSR count). The second-order valence-electron chi connectivity index (χ2n) is 10.1. The number of hydrogen-bond acceptors (Lipinski definition) is 10. The van der Waals surface area contributed by atoms with Crippen LogP contribution in [-0.2, 0) is 0 Å². The van der Waals surface area contributed by atoms with Crippen molar-refractivity contribution in [2.24, 2.45) is 5.73 Å². The molecule has 4 N–H and O–H groups in total. The minimum atomic E-state index is -0.735. The van der Waals surface area contributed by atoms with Crippen molar-refractivity contribution >= 4 is 28.2 Å². The lowest BCUT2D eigenvalue weighted by Gasteiger charge is -2.28. The first kappa shape index (κ1) is 28.6. The predicted octanol–water partition coefficient (Wildman–Crippen LogP) is 3.19. The van der Waals surface area contributed by atoms with Crippen LogP contribution in [0.5, 0.6) is 5.75 Å². The lowest BCUT2D eigenvalue weighted by atomic mass is 10.1. The van der Waals surface area contributed by atoms with E-state index in [1.165, 1.54) is 54.8 Å². The zero-order valence-corrected chi connectivity index (χ0v) is 23.3. The minimum absolute atomic E-state index is 0.0186. The van der Waals surface area contributed by atoms with Crippen LogP contribution in [0.2, 0.25) is 0 Å². The lowest BCUT2D eigenvalue weighted by Crippen LogP contribution is -2.34. The molecule has 1 amide bonds. The Labute approximate surface area is 249 Å². The molecule has 0 bridgehead atoms. The zero-order chi connectivity index (χ0) is 31.0. The van der Waals surface area contributed by atoms with Crippen molar-refractivity contribution in [3.8, 4) is 28.9 Å². The van der Waals surface area contributed by atoms with E-state index in [0.717, 1.165) is 6.07 Å². The fourth-order valence-corrected chi connectivity index (χ4v) is 5.49. The summed E-state index contributed by atoms with van der Waals surface area (Å²) in [6, 6.07) is 9.58. The van der Waals surface area contributed by atoms with E-state index in [4.69, 9.17) is 10.5 Å². The molecule has 0 aliphatic carbocycles. The Bertz CT molecular complexity index is 1940. The number of carbonyl (C=O) groups is 1. The van der Waals surface area contributed by atoms with Crippen molar-refractivity contribution in [2.75, 3.05) is 30.5 Å². The number of pyridine rings is 1. The van der Waals surface area contributed by atoms with Gasteiger partial charge < -0.3 is 25.8 Å². The maximum atomic E-state index is 16.0. The molecule has 0 unspecified atom stereocenters. The first-order chi connectivity index (χ1) is 21.3. The second kappa shape index (κ2) is 11.6. The van der Waals surface area contributed by atoms with Gasteiger partial charge in [0, 0.05) is 42.6 Å². The van der Waals surface area contributed by atoms with Gasteiger partial charge in [0.05, 0.1) is 54.1 Å². The summed E-state index contributed by atoms with van der Waals surface area (Å²) in [5, 5.41) is 27.2. The van der Waals surface area contributed by atoms with Crippen molar-refractivity contribution in [3.05, 3.63) is 84.1 Å². The maximum Gasteiger partial charge on any atom is 0.274 e. The summed E-state index contributed by atoms with van der Waals surface area (Å²) in [6.45, 7) is 0.0697. The molecule has 12 nitrogen and oxygen atoms in total. The molecule has 0 spiro atoms. The number of aliphatic hydroxyl groups is 1. The number of hydrogen-bond donors (Lipinski definition) is 3. The number of nitrogens with two attached hydrogens (primary N) is 1. The van der Waals surface area contributed by atoms with E-state index in [2.05, 4.69) is 25.4 Å². The van der Waals surface area contributed by atoms with Gasteiger partial charge in [0.1, 0.15) is 28.8 Å². The highest BCUT2D eigenvalue weighted by atomic mass is 19.1. The van der Waals surface area contributed by atoms with Gasteiger partial charge in [-0.15, -0.1) is 0 Å². The van der Waals surface area contributed by atoms with Gasteiger partial charge in [-0.1, -0.05) is 6.07 Å². The molecule has 3 aromatic heterocycles. The smallest absolute Gasteiger partial charge is 0.274 e. The SMILES string of the molecule is COc1cccc(F)c1-c1nccc(C(=O)Nc2cc(F)c3c(cnn3-c3ccncc3C#N)c2N2C[C@@H](N)C[C@H]2CO)n1. The van der Waals surface area contributed by atoms with Crippen molar-refractivity contribution in [3.63, 3.8) is 0 Å². The van der Waals surface area contributed by atoms with E-state index >= 15 is 4.39 Å². The van der Waals surface area contributed by atoms with Gasteiger partial charge in [0.2, 0.25) is 0 Å². The normalized spacial score (nSPS) is 16.2. The van der Waals surface area contributed by atoms with Crippen LogP contribution in [0.3, 0.4) is 0 Å². The average Bonchev–Trinajstić information content (AvgIpc) is 3.65. The number of carbonyl (C=O) groups excluding carboxylic acids is 1. The Kier molecular flexibility index (Phi) is 7.56. The third-order valence-corrected chi connectivity index (χ3v) is 7.42. The Balaban J connectivity index is 1.47. The first-order valence-electron chi connectivity index (χ1n) is 13.5. The topological polar surface area (TPSA) is 168 Å². The number of benzene rings is 2. The minimum Gasteiger partial charge on any atom is -0.496 e. The molecule has 1 fully saturated rings. The van der Waals surface area contributed by atoms with Crippen LogP contribution in [0.15, 0.2) is 61.2 Å². The number of anilines is 2.